The second-order valence-corrected chi connectivity index (χ2v) is 5.45. The Kier molecular flexibility index (Phi) is 3.82. The lowest BCUT2D eigenvalue weighted by atomic mass is 10.2. The number of aromatic nitrogens is 1. The van der Waals surface area contributed by atoms with Gasteiger partial charge in [0.1, 0.15) is 6.26 Å². The summed E-state index contributed by atoms with van der Waals surface area (Å²) >= 11 is 5.44. The summed E-state index contributed by atoms with van der Waals surface area (Å²) in [7, 11) is 0. The van der Waals surface area contributed by atoms with Gasteiger partial charge in [-0.15, -0.1) is 0 Å². The zero-order valence-electron chi connectivity index (χ0n) is 8.83. The fraction of sp³-hybridized carbons (Fsp3) is 0.0909. The van der Waals surface area contributed by atoms with Crippen LogP contribution in [0.25, 0.3) is 0 Å². The summed E-state index contributed by atoms with van der Waals surface area (Å²) in [5.41, 5.74) is 1.31. The number of oxazole rings is 1. The first kappa shape index (κ1) is 12.6. The van der Waals surface area contributed by atoms with Gasteiger partial charge < -0.3 is 4.42 Å². The Morgan fingerprint density at radius 2 is 2.29 bits per heavy atom. The molecule has 0 fully saturated rings. The number of anilines is 1. The van der Waals surface area contributed by atoms with Gasteiger partial charge in [0, 0.05) is 8.04 Å². The third kappa shape index (κ3) is 3.06. The zero-order chi connectivity index (χ0) is 12.4. The molecule has 0 atom stereocenters. The van der Waals surface area contributed by atoms with Crippen molar-refractivity contribution in [2.75, 3.05) is 5.32 Å². The summed E-state index contributed by atoms with van der Waals surface area (Å²) < 4.78 is 6.79. The van der Waals surface area contributed by atoms with Crippen molar-refractivity contribution in [3.8, 4) is 0 Å². The lowest BCUT2D eigenvalue weighted by molar-refractivity contribution is 0.102. The average molecular weight is 407 g/mol. The van der Waals surface area contributed by atoms with Gasteiger partial charge in [0.2, 0.25) is 0 Å². The number of benzene rings is 1. The summed E-state index contributed by atoms with van der Waals surface area (Å²) in [6.45, 7) is 1.79. The molecule has 1 N–H and O–H groups in total. The van der Waals surface area contributed by atoms with Crippen molar-refractivity contribution >= 4 is 50.4 Å². The molecular weight excluding hydrogens is 399 g/mol. The highest BCUT2D eigenvalue weighted by molar-refractivity contribution is 14.1. The number of amides is 1. The lowest BCUT2D eigenvalue weighted by Crippen LogP contribution is -2.13. The van der Waals surface area contributed by atoms with Crippen molar-refractivity contribution in [2.45, 2.75) is 6.92 Å². The smallest absolute Gasteiger partial charge is 0.301 e. The molecule has 1 aromatic carbocycles. The Bertz CT molecular complexity index is 568. The van der Waals surface area contributed by atoms with Gasteiger partial charge in [0.25, 0.3) is 5.91 Å². The number of carbonyl (C=O) groups excluding carboxylic acids is 1. The van der Waals surface area contributed by atoms with Gasteiger partial charge in [0.05, 0.1) is 11.3 Å². The summed E-state index contributed by atoms with van der Waals surface area (Å²) in [6, 6.07) is 5.71. The van der Waals surface area contributed by atoms with Crippen LogP contribution in [0.4, 0.5) is 6.01 Å². The molecular formula is C11H8BrIN2O2. The van der Waals surface area contributed by atoms with Gasteiger partial charge in [-0.05, 0) is 47.7 Å². The van der Waals surface area contributed by atoms with E-state index in [9.17, 15) is 4.79 Å². The monoisotopic (exact) mass is 406 g/mol. The van der Waals surface area contributed by atoms with E-state index < -0.39 is 0 Å². The number of rotatable bonds is 2. The molecule has 1 heterocycles. The van der Waals surface area contributed by atoms with Crippen molar-refractivity contribution in [3.63, 3.8) is 0 Å². The van der Waals surface area contributed by atoms with E-state index in [0.29, 0.717) is 5.56 Å². The molecule has 2 rings (SSSR count). The maximum Gasteiger partial charge on any atom is 0.301 e. The molecule has 0 radical (unpaired) electrons. The van der Waals surface area contributed by atoms with Crippen LogP contribution in [0.1, 0.15) is 16.1 Å². The van der Waals surface area contributed by atoms with Crippen LogP contribution >= 0.6 is 38.5 Å². The SMILES string of the molecule is Cc1coc(NC(=O)c2cc(Br)ccc2I)n1. The Morgan fingerprint density at radius 1 is 1.53 bits per heavy atom. The van der Waals surface area contributed by atoms with Crippen LogP contribution in [-0.2, 0) is 0 Å². The predicted octanol–water partition coefficient (Wildman–Crippen LogP) is 3.60. The first-order valence-corrected chi connectivity index (χ1v) is 6.62. The maximum absolute atomic E-state index is 12.0. The molecule has 2 aromatic rings. The molecule has 4 nitrogen and oxygen atoms in total. The van der Waals surface area contributed by atoms with Crippen LogP contribution in [0.5, 0.6) is 0 Å². The molecule has 0 aliphatic rings. The molecule has 0 saturated carbocycles. The van der Waals surface area contributed by atoms with E-state index in [1.807, 2.05) is 12.1 Å². The van der Waals surface area contributed by atoms with Crippen molar-refractivity contribution in [1.29, 1.82) is 0 Å². The van der Waals surface area contributed by atoms with Crippen molar-refractivity contribution in [1.82, 2.24) is 4.98 Å². The third-order valence-electron chi connectivity index (χ3n) is 2.01. The number of hydrogen-bond donors (Lipinski definition) is 1. The second kappa shape index (κ2) is 5.18. The van der Waals surface area contributed by atoms with Crippen LogP contribution < -0.4 is 5.32 Å². The first-order valence-electron chi connectivity index (χ1n) is 4.75. The van der Waals surface area contributed by atoms with Crippen molar-refractivity contribution < 1.29 is 9.21 Å². The van der Waals surface area contributed by atoms with Gasteiger partial charge in [-0.1, -0.05) is 15.9 Å². The second-order valence-electron chi connectivity index (χ2n) is 3.37. The molecule has 17 heavy (non-hydrogen) atoms. The van der Waals surface area contributed by atoms with Gasteiger partial charge in [-0.3, -0.25) is 10.1 Å². The highest BCUT2D eigenvalue weighted by Crippen LogP contribution is 2.19. The fourth-order valence-corrected chi connectivity index (χ4v) is 2.19. The number of carbonyl (C=O) groups is 1. The summed E-state index contributed by atoms with van der Waals surface area (Å²) in [6.07, 6.45) is 1.49. The minimum atomic E-state index is -0.238. The molecule has 1 aromatic heterocycles. The Labute approximate surface area is 120 Å². The van der Waals surface area contributed by atoms with E-state index in [1.54, 1.807) is 13.0 Å². The molecule has 1 amide bonds. The standard InChI is InChI=1S/C11H8BrIN2O2/c1-6-5-17-11(14-6)15-10(16)8-4-7(12)2-3-9(8)13/h2-5H,1H3,(H,14,15,16). The van der Waals surface area contributed by atoms with E-state index >= 15 is 0 Å². The van der Waals surface area contributed by atoms with E-state index in [1.165, 1.54) is 6.26 Å². The number of nitrogens with one attached hydrogen (secondary N) is 1. The molecule has 0 spiro atoms. The van der Waals surface area contributed by atoms with Gasteiger partial charge in [0.15, 0.2) is 0 Å². The molecule has 0 aliphatic heterocycles. The van der Waals surface area contributed by atoms with Crippen LogP contribution in [-0.4, -0.2) is 10.9 Å². The zero-order valence-corrected chi connectivity index (χ0v) is 12.6. The maximum atomic E-state index is 12.0. The fourth-order valence-electron chi connectivity index (χ4n) is 1.25. The van der Waals surface area contributed by atoms with E-state index in [-0.39, 0.29) is 11.9 Å². The Balaban J connectivity index is 2.22. The van der Waals surface area contributed by atoms with Gasteiger partial charge >= 0.3 is 6.01 Å². The molecule has 0 saturated heterocycles. The van der Waals surface area contributed by atoms with E-state index in [0.717, 1.165) is 13.7 Å². The van der Waals surface area contributed by atoms with Crippen LogP contribution in [0.2, 0.25) is 0 Å². The minimum Gasteiger partial charge on any atom is -0.432 e. The topological polar surface area (TPSA) is 55.1 Å². The molecule has 88 valence electrons. The molecule has 6 heteroatoms. The number of nitrogens with zero attached hydrogens (tertiary/aromatic N) is 1. The molecule has 0 aliphatic carbocycles. The Morgan fingerprint density at radius 3 is 2.94 bits per heavy atom. The minimum absolute atomic E-state index is 0.211. The van der Waals surface area contributed by atoms with Gasteiger partial charge in [-0.2, -0.15) is 4.98 Å². The van der Waals surface area contributed by atoms with Crippen molar-refractivity contribution in [2.24, 2.45) is 0 Å². The summed E-state index contributed by atoms with van der Waals surface area (Å²) in [4.78, 5) is 16.0. The number of halogens is 2. The highest BCUT2D eigenvalue weighted by Gasteiger charge is 2.13. The largest absolute Gasteiger partial charge is 0.432 e. The van der Waals surface area contributed by atoms with Crippen LogP contribution in [0.15, 0.2) is 33.4 Å². The van der Waals surface area contributed by atoms with E-state index in [2.05, 4.69) is 48.8 Å². The average Bonchev–Trinajstić information content (AvgIpc) is 2.67. The Hall–Kier alpha value is -0.890. The normalized spacial score (nSPS) is 10.3. The quantitative estimate of drug-likeness (QED) is 0.775. The number of hydrogen-bond acceptors (Lipinski definition) is 3. The third-order valence-corrected chi connectivity index (χ3v) is 3.45. The van der Waals surface area contributed by atoms with Gasteiger partial charge in [-0.25, -0.2) is 0 Å². The van der Waals surface area contributed by atoms with E-state index in [4.69, 9.17) is 4.42 Å². The first-order chi connectivity index (χ1) is 8.06. The predicted molar refractivity (Wildman–Crippen MR) is 76.1 cm³/mol. The van der Waals surface area contributed by atoms with Crippen LogP contribution in [0, 0.1) is 10.5 Å². The summed E-state index contributed by atoms with van der Waals surface area (Å²) in [5, 5.41) is 2.60. The summed E-state index contributed by atoms with van der Waals surface area (Å²) in [5.74, 6) is -0.238. The molecule has 0 bridgehead atoms. The highest BCUT2D eigenvalue weighted by atomic mass is 127. The number of aryl methyl sites for hydroxylation is 1. The van der Waals surface area contributed by atoms with Crippen LogP contribution in [0.3, 0.4) is 0 Å². The molecule has 0 unspecified atom stereocenters. The van der Waals surface area contributed by atoms with Crippen molar-refractivity contribution in [3.05, 3.63) is 43.8 Å². The lowest BCUT2D eigenvalue weighted by Gasteiger charge is -2.04.